The summed E-state index contributed by atoms with van der Waals surface area (Å²) < 4.78 is 37.9. The van der Waals surface area contributed by atoms with Crippen LogP contribution >= 0.6 is 0 Å². The van der Waals surface area contributed by atoms with Crippen LogP contribution in [0.1, 0.15) is 12.1 Å². The Morgan fingerprint density at radius 2 is 2.11 bits per heavy atom. The summed E-state index contributed by atoms with van der Waals surface area (Å²) in [6.45, 7) is 1.84. The highest BCUT2D eigenvalue weighted by Gasteiger charge is 2.58. The van der Waals surface area contributed by atoms with Crippen LogP contribution in [0.15, 0.2) is 24.5 Å². The van der Waals surface area contributed by atoms with E-state index in [1.54, 1.807) is 18.3 Å². The van der Waals surface area contributed by atoms with Gasteiger partial charge in [0.2, 0.25) is 5.91 Å². The van der Waals surface area contributed by atoms with Crippen LogP contribution in [-0.2, 0) is 4.79 Å². The van der Waals surface area contributed by atoms with Crippen LogP contribution in [0.25, 0.3) is 22.0 Å². The van der Waals surface area contributed by atoms with Gasteiger partial charge in [-0.05, 0) is 30.9 Å². The molecule has 1 aliphatic carbocycles. The van der Waals surface area contributed by atoms with E-state index in [4.69, 9.17) is 5.73 Å². The molecule has 140 valence electrons. The van der Waals surface area contributed by atoms with Crippen molar-refractivity contribution in [2.45, 2.75) is 19.5 Å². The molecule has 1 amide bonds. The minimum atomic E-state index is -4.35. The second-order valence-electron chi connectivity index (χ2n) is 6.57. The van der Waals surface area contributed by atoms with E-state index in [0.29, 0.717) is 16.5 Å². The quantitative estimate of drug-likeness (QED) is 0.651. The van der Waals surface area contributed by atoms with Crippen molar-refractivity contribution in [3.63, 3.8) is 0 Å². The van der Waals surface area contributed by atoms with E-state index < -0.39 is 23.9 Å². The van der Waals surface area contributed by atoms with Crippen LogP contribution in [-0.4, -0.2) is 32.2 Å². The number of nitrogen functional groups attached to an aromatic ring is 1. The predicted octanol–water partition coefficient (Wildman–Crippen LogP) is 3.05. The standard InChI is InChI=1S/C17H15F3N6O/c1-7-10(6-23-26-7)13-2-8-3-14(22-5-11(8)15(21)24-13)25-16(27)9-4-12(9)17(18,19)20/h2-3,5-6,9,12H,4H2,1H3,(H2,21,24)(H,23,26)(H,22,25,27)/t9-,12?/m1/s1. The lowest BCUT2D eigenvalue weighted by atomic mass is 10.1. The summed E-state index contributed by atoms with van der Waals surface area (Å²) in [7, 11) is 0. The van der Waals surface area contributed by atoms with E-state index in [-0.39, 0.29) is 18.1 Å². The Kier molecular flexibility index (Phi) is 3.79. The zero-order chi connectivity index (χ0) is 19.3. The van der Waals surface area contributed by atoms with Gasteiger partial charge in [-0.15, -0.1) is 0 Å². The first-order valence-corrected chi connectivity index (χ1v) is 8.18. The molecule has 2 atom stereocenters. The molecule has 1 aliphatic rings. The number of H-pyrrole nitrogens is 1. The number of carbonyl (C=O) groups excluding carboxylic acids is 1. The Morgan fingerprint density at radius 1 is 1.33 bits per heavy atom. The topological polar surface area (TPSA) is 110 Å². The molecule has 4 N–H and O–H groups in total. The molecule has 3 heterocycles. The van der Waals surface area contributed by atoms with Crippen molar-refractivity contribution in [1.29, 1.82) is 0 Å². The van der Waals surface area contributed by atoms with Gasteiger partial charge in [-0.25, -0.2) is 9.97 Å². The van der Waals surface area contributed by atoms with Gasteiger partial charge in [0.1, 0.15) is 11.6 Å². The van der Waals surface area contributed by atoms with Gasteiger partial charge in [0, 0.05) is 22.8 Å². The minimum Gasteiger partial charge on any atom is -0.383 e. The second kappa shape index (κ2) is 5.93. The number of aromatic amines is 1. The number of aromatic nitrogens is 4. The van der Waals surface area contributed by atoms with Crippen LogP contribution < -0.4 is 11.1 Å². The number of pyridine rings is 2. The first-order valence-electron chi connectivity index (χ1n) is 8.18. The summed E-state index contributed by atoms with van der Waals surface area (Å²) in [5.41, 5.74) is 8.18. The van der Waals surface area contributed by atoms with E-state index in [2.05, 4.69) is 25.5 Å². The fourth-order valence-electron chi connectivity index (χ4n) is 3.05. The van der Waals surface area contributed by atoms with Crippen LogP contribution in [0.4, 0.5) is 24.8 Å². The van der Waals surface area contributed by atoms with E-state index >= 15 is 0 Å². The number of carbonyl (C=O) groups is 1. The summed E-state index contributed by atoms with van der Waals surface area (Å²) in [5, 5.41) is 10.5. The average molecular weight is 376 g/mol. The maximum absolute atomic E-state index is 12.6. The molecule has 27 heavy (non-hydrogen) atoms. The van der Waals surface area contributed by atoms with Crippen molar-refractivity contribution >= 4 is 28.3 Å². The minimum absolute atomic E-state index is 0.167. The lowest BCUT2D eigenvalue weighted by molar-refractivity contribution is -0.153. The van der Waals surface area contributed by atoms with Crippen LogP contribution in [0.2, 0.25) is 0 Å². The highest BCUT2D eigenvalue weighted by molar-refractivity contribution is 5.98. The Hall–Kier alpha value is -3.17. The van der Waals surface area contributed by atoms with Crippen molar-refractivity contribution in [2.24, 2.45) is 11.8 Å². The highest BCUT2D eigenvalue weighted by atomic mass is 19.4. The van der Waals surface area contributed by atoms with Gasteiger partial charge in [-0.3, -0.25) is 9.89 Å². The Bertz CT molecular complexity index is 1040. The van der Waals surface area contributed by atoms with E-state index in [1.165, 1.54) is 6.20 Å². The lowest BCUT2D eigenvalue weighted by Gasteiger charge is -2.09. The normalized spacial score (nSPS) is 19.3. The van der Waals surface area contributed by atoms with Crippen molar-refractivity contribution in [3.8, 4) is 11.3 Å². The molecule has 0 radical (unpaired) electrons. The molecule has 1 saturated carbocycles. The van der Waals surface area contributed by atoms with Crippen LogP contribution in [0, 0.1) is 18.8 Å². The van der Waals surface area contributed by atoms with Gasteiger partial charge >= 0.3 is 6.18 Å². The number of anilines is 2. The van der Waals surface area contributed by atoms with Crippen molar-refractivity contribution < 1.29 is 18.0 Å². The lowest BCUT2D eigenvalue weighted by Crippen LogP contribution is -2.20. The zero-order valence-corrected chi connectivity index (χ0v) is 14.1. The number of rotatable bonds is 3. The number of alkyl halides is 3. The molecular weight excluding hydrogens is 361 g/mol. The molecule has 0 aromatic carbocycles. The molecule has 4 rings (SSSR count). The largest absolute Gasteiger partial charge is 0.392 e. The number of hydrogen-bond donors (Lipinski definition) is 3. The summed E-state index contributed by atoms with van der Waals surface area (Å²) >= 11 is 0. The molecule has 3 aromatic rings. The first-order chi connectivity index (χ1) is 12.7. The van der Waals surface area contributed by atoms with Gasteiger partial charge in [0.05, 0.1) is 23.7 Å². The van der Waals surface area contributed by atoms with Crippen molar-refractivity contribution in [1.82, 2.24) is 20.2 Å². The van der Waals surface area contributed by atoms with Crippen molar-refractivity contribution in [3.05, 3.63) is 30.2 Å². The zero-order valence-electron chi connectivity index (χ0n) is 14.1. The monoisotopic (exact) mass is 376 g/mol. The number of amides is 1. The molecule has 3 aromatic heterocycles. The Balaban J connectivity index is 1.62. The predicted molar refractivity (Wildman–Crippen MR) is 92.6 cm³/mol. The fraction of sp³-hybridized carbons (Fsp3) is 0.294. The van der Waals surface area contributed by atoms with Gasteiger partial charge < -0.3 is 11.1 Å². The second-order valence-corrected chi connectivity index (χ2v) is 6.57. The molecule has 1 fully saturated rings. The molecule has 7 nitrogen and oxygen atoms in total. The van der Waals surface area contributed by atoms with Crippen LogP contribution in [0.3, 0.4) is 0 Å². The summed E-state index contributed by atoms with van der Waals surface area (Å²) in [4.78, 5) is 20.4. The van der Waals surface area contributed by atoms with Gasteiger partial charge in [0.25, 0.3) is 0 Å². The summed E-state index contributed by atoms with van der Waals surface area (Å²) in [6.07, 6.45) is -1.48. The first kappa shape index (κ1) is 17.3. The SMILES string of the molecule is Cc1[nH]ncc1-c1cc2cc(NC(=O)[C@@H]3CC3C(F)(F)F)ncc2c(N)n1. The van der Waals surface area contributed by atoms with Crippen molar-refractivity contribution in [2.75, 3.05) is 11.1 Å². The maximum atomic E-state index is 12.6. The maximum Gasteiger partial charge on any atom is 0.392 e. The van der Waals surface area contributed by atoms with Crippen LogP contribution in [0.5, 0.6) is 0 Å². The number of nitrogens with zero attached hydrogens (tertiary/aromatic N) is 3. The number of nitrogens with two attached hydrogens (primary N) is 1. The summed E-state index contributed by atoms with van der Waals surface area (Å²) in [6, 6.07) is 3.33. The highest BCUT2D eigenvalue weighted by Crippen LogP contribution is 2.50. The fourth-order valence-corrected chi connectivity index (χ4v) is 3.05. The average Bonchev–Trinajstić information content (AvgIpc) is 3.30. The number of halogens is 3. The van der Waals surface area contributed by atoms with Gasteiger partial charge in [-0.2, -0.15) is 18.3 Å². The van der Waals surface area contributed by atoms with Gasteiger partial charge in [-0.1, -0.05) is 0 Å². The third-order valence-electron chi connectivity index (χ3n) is 4.65. The third-order valence-corrected chi connectivity index (χ3v) is 4.65. The van der Waals surface area contributed by atoms with Gasteiger partial charge in [0.15, 0.2) is 0 Å². The molecule has 0 saturated heterocycles. The number of hydrogen-bond acceptors (Lipinski definition) is 5. The molecular formula is C17H15F3N6O. The molecule has 1 unspecified atom stereocenters. The molecule has 0 bridgehead atoms. The van der Waals surface area contributed by atoms with E-state index in [9.17, 15) is 18.0 Å². The smallest absolute Gasteiger partial charge is 0.383 e. The number of aryl methyl sites for hydroxylation is 1. The number of nitrogens with one attached hydrogen (secondary N) is 2. The molecule has 10 heteroatoms. The Morgan fingerprint density at radius 3 is 2.74 bits per heavy atom. The van der Waals surface area contributed by atoms with E-state index in [1.807, 2.05) is 6.92 Å². The third kappa shape index (κ3) is 3.18. The summed E-state index contributed by atoms with van der Waals surface area (Å²) in [5.74, 6) is -2.90. The molecule has 0 spiro atoms. The van der Waals surface area contributed by atoms with E-state index in [0.717, 1.165) is 11.3 Å². The Labute approximate surface area is 151 Å². The molecule has 0 aliphatic heterocycles. The number of fused-ring (bicyclic) bond motifs is 1.